The Bertz CT molecular complexity index is 199. The number of alkyl carbamates (subject to hydrolysis) is 1. The zero-order chi connectivity index (χ0) is 12.1. The molecule has 0 rings (SSSR count). The third-order valence-electron chi connectivity index (χ3n) is 1.92. The zero-order valence-electron chi connectivity index (χ0n) is 10.5. The Morgan fingerprint density at radius 3 is 2.33 bits per heavy atom. The van der Waals surface area contributed by atoms with E-state index >= 15 is 0 Å². The van der Waals surface area contributed by atoms with Crippen LogP contribution in [0.1, 0.15) is 41.0 Å². The largest absolute Gasteiger partial charge is 0.444 e. The minimum atomic E-state index is -0.441. The maximum Gasteiger partial charge on any atom is 0.407 e. The minimum Gasteiger partial charge on any atom is -0.444 e. The predicted octanol–water partition coefficient (Wildman–Crippen LogP) is 1.88. The van der Waals surface area contributed by atoms with E-state index in [-0.39, 0.29) is 12.1 Å². The second-order valence-corrected chi connectivity index (χ2v) is 5.12. The van der Waals surface area contributed by atoms with E-state index in [4.69, 9.17) is 10.5 Å². The van der Waals surface area contributed by atoms with Gasteiger partial charge in [0.15, 0.2) is 0 Å². The molecule has 1 amide bonds. The molecule has 0 fully saturated rings. The summed E-state index contributed by atoms with van der Waals surface area (Å²) in [5.41, 5.74) is 5.07. The van der Waals surface area contributed by atoms with Crippen LogP contribution >= 0.6 is 0 Å². The maximum atomic E-state index is 11.4. The topological polar surface area (TPSA) is 64.3 Å². The molecule has 0 bridgehead atoms. The van der Waals surface area contributed by atoms with Gasteiger partial charge in [0.1, 0.15) is 5.60 Å². The van der Waals surface area contributed by atoms with Gasteiger partial charge in [-0.3, -0.25) is 0 Å². The average Bonchev–Trinajstić information content (AvgIpc) is 1.99. The minimum absolute atomic E-state index is 0.0957. The fourth-order valence-corrected chi connectivity index (χ4v) is 1.27. The number of ether oxygens (including phenoxy) is 1. The first kappa shape index (κ1) is 14.2. The lowest BCUT2D eigenvalue weighted by Crippen LogP contribution is -2.38. The molecule has 0 heterocycles. The molecular formula is C11H24N2O2. The molecule has 4 nitrogen and oxygen atoms in total. The van der Waals surface area contributed by atoms with E-state index in [2.05, 4.69) is 12.2 Å². The van der Waals surface area contributed by atoms with Gasteiger partial charge in [-0.25, -0.2) is 4.79 Å². The average molecular weight is 216 g/mol. The molecule has 2 atom stereocenters. The molecular weight excluding hydrogens is 192 g/mol. The van der Waals surface area contributed by atoms with E-state index in [0.29, 0.717) is 12.5 Å². The highest BCUT2D eigenvalue weighted by atomic mass is 16.6. The van der Waals surface area contributed by atoms with Crippen LogP contribution in [0.5, 0.6) is 0 Å². The zero-order valence-corrected chi connectivity index (χ0v) is 10.5. The highest BCUT2D eigenvalue weighted by Gasteiger charge is 2.18. The Labute approximate surface area is 92.6 Å². The van der Waals surface area contributed by atoms with E-state index in [1.54, 1.807) is 0 Å². The van der Waals surface area contributed by atoms with Crippen LogP contribution in [-0.4, -0.2) is 24.3 Å². The second kappa shape index (κ2) is 5.95. The highest BCUT2D eigenvalue weighted by molar-refractivity contribution is 5.67. The molecule has 0 radical (unpaired) electrons. The molecule has 0 aliphatic heterocycles. The molecule has 0 aromatic heterocycles. The van der Waals surface area contributed by atoms with Crippen molar-refractivity contribution in [2.45, 2.75) is 52.7 Å². The molecule has 0 aromatic carbocycles. The van der Waals surface area contributed by atoms with E-state index in [1.807, 2.05) is 27.7 Å². The quantitative estimate of drug-likeness (QED) is 0.754. The van der Waals surface area contributed by atoms with Gasteiger partial charge in [-0.2, -0.15) is 0 Å². The monoisotopic (exact) mass is 216 g/mol. The van der Waals surface area contributed by atoms with E-state index < -0.39 is 5.60 Å². The Balaban J connectivity index is 3.87. The lowest BCUT2D eigenvalue weighted by atomic mass is 10.0. The van der Waals surface area contributed by atoms with Gasteiger partial charge >= 0.3 is 6.09 Å². The Morgan fingerprint density at radius 2 is 1.93 bits per heavy atom. The van der Waals surface area contributed by atoms with Gasteiger partial charge in [0.2, 0.25) is 0 Å². The van der Waals surface area contributed by atoms with Crippen LogP contribution in [0.4, 0.5) is 4.79 Å². The summed E-state index contributed by atoms with van der Waals surface area (Å²) in [6, 6.07) is 0.0957. The summed E-state index contributed by atoms with van der Waals surface area (Å²) in [5, 5.41) is 2.78. The number of hydrogen-bond donors (Lipinski definition) is 2. The van der Waals surface area contributed by atoms with Crippen LogP contribution in [0, 0.1) is 5.92 Å². The van der Waals surface area contributed by atoms with Crippen molar-refractivity contribution >= 4 is 6.09 Å². The molecule has 2 unspecified atom stereocenters. The Hall–Kier alpha value is -0.770. The summed E-state index contributed by atoms with van der Waals surface area (Å²) in [5.74, 6) is 0.412. The molecule has 0 saturated carbocycles. The number of nitrogens with two attached hydrogens (primary N) is 1. The first-order valence-electron chi connectivity index (χ1n) is 5.44. The predicted molar refractivity (Wildman–Crippen MR) is 61.7 cm³/mol. The number of amides is 1. The van der Waals surface area contributed by atoms with Crippen LogP contribution in [0.25, 0.3) is 0 Å². The molecule has 3 N–H and O–H groups in total. The van der Waals surface area contributed by atoms with Crippen molar-refractivity contribution in [2.24, 2.45) is 11.7 Å². The van der Waals surface area contributed by atoms with Gasteiger partial charge in [0, 0.05) is 6.04 Å². The molecule has 15 heavy (non-hydrogen) atoms. The van der Waals surface area contributed by atoms with Crippen LogP contribution in [0.15, 0.2) is 0 Å². The van der Waals surface area contributed by atoms with Crippen LogP contribution in [-0.2, 0) is 4.74 Å². The number of carbonyl (C=O) groups excluding carboxylic acids is 1. The van der Waals surface area contributed by atoms with Crippen LogP contribution < -0.4 is 11.1 Å². The van der Waals surface area contributed by atoms with Crippen molar-refractivity contribution in [2.75, 3.05) is 6.54 Å². The number of nitrogens with one attached hydrogen (secondary N) is 1. The van der Waals surface area contributed by atoms with Gasteiger partial charge < -0.3 is 15.8 Å². The second-order valence-electron chi connectivity index (χ2n) is 5.12. The van der Waals surface area contributed by atoms with Crippen molar-refractivity contribution in [3.8, 4) is 0 Å². The van der Waals surface area contributed by atoms with E-state index in [1.165, 1.54) is 0 Å². The van der Waals surface area contributed by atoms with E-state index in [9.17, 15) is 4.79 Å². The van der Waals surface area contributed by atoms with Gasteiger partial charge in [-0.1, -0.05) is 6.92 Å². The standard InChI is InChI=1S/C11H24N2O2/c1-8(7-12)6-9(2)13-10(14)15-11(3,4)5/h8-9H,6-7,12H2,1-5H3,(H,13,14). The molecule has 0 saturated heterocycles. The normalized spacial score (nSPS) is 15.6. The summed E-state index contributed by atoms with van der Waals surface area (Å²) >= 11 is 0. The number of hydrogen-bond acceptors (Lipinski definition) is 3. The summed E-state index contributed by atoms with van der Waals surface area (Å²) in [4.78, 5) is 11.4. The number of rotatable bonds is 4. The van der Waals surface area contributed by atoms with Crippen molar-refractivity contribution in [1.29, 1.82) is 0 Å². The van der Waals surface area contributed by atoms with Crippen molar-refractivity contribution in [3.63, 3.8) is 0 Å². The molecule has 90 valence electrons. The molecule has 0 spiro atoms. The van der Waals surface area contributed by atoms with Gasteiger partial charge in [0.25, 0.3) is 0 Å². The Kier molecular flexibility index (Phi) is 5.65. The highest BCUT2D eigenvalue weighted by Crippen LogP contribution is 2.08. The van der Waals surface area contributed by atoms with Gasteiger partial charge in [-0.05, 0) is 46.6 Å². The van der Waals surface area contributed by atoms with Crippen LogP contribution in [0.2, 0.25) is 0 Å². The lowest BCUT2D eigenvalue weighted by Gasteiger charge is -2.23. The molecule has 0 aliphatic rings. The SMILES string of the molecule is CC(CN)CC(C)NC(=O)OC(C)(C)C. The smallest absolute Gasteiger partial charge is 0.407 e. The molecule has 0 aromatic rings. The van der Waals surface area contributed by atoms with Crippen molar-refractivity contribution in [3.05, 3.63) is 0 Å². The first-order valence-corrected chi connectivity index (χ1v) is 5.44. The fourth-order valence-electron chi connectivity index (χ4n) is 1.27. The Morgan fingerprint density at radius 1 is 1.40 bits per heavy atom. The van der Waals surface area contributed by atoms with Crippen molar-refractivity contribution in [1.82, 2.24) is 5.32 Å². The molecule has 4 heteroatoms. The van der Waals surface area contributed by atoms with Gasteiger partial charge in [-0.15, -0.1) is 0 Å². The summed E-state index contributed by atoms with van der Waals surface area (Å²) in [6.07, 6.45) is 0.509. The maximum absolute atomic E-state index is 11.4. The van der Waals surface area contributed by atoms with Gasteiger partial charge in [0.05, 0.1) is 0 Å². The third-order valence-corrected chi connectivity index (χ3v) is 1.92. The van der Waals surface area contributed by atoms with Crippen molar-refractivity contribution < 1.29 is 9.53 Å². The fraction of sp³-hybridized carbons (Fsp3) is 0.909. The number of carbonyl (C=O) groups is 1. The first-order chi connectivity index (χ1) is 6.74. The summed E-state index contributed by atoms with van der Waals surface area (Å²) in [7, 11) is 0. The lowest BCUT2D eigenvalue weighted by molar-refractivity contribution is 0.0503. The van der Waals surface area contributed by atoms with Crippen LogP contribution in [0.3, 0.4) is 0 Å². The summed E-state index contributed by atoms with van der Waals surface area (Å²) in [6.45, 7) is 10.2. The molecule has 0 aliphatic carbocycles. The third kappa shape index (κ3) is 8.24. The van der Waals surface area contributed by atoms with E-state index in [0.717, 1.165) is 6.42 Å². The summed E-state index contributed by atoms with van der Waals surface area (Å²) < 4.78 is 5.14.